The van der Waals surface area contributed by atoms with Crippen molar-refractivity contribution in [3.63, 3.8) is 0 Å². The molecule has 47 heavy (non-hydrogen) atoms. The van der Waals surface area contributed by atoms with Crippen molar-refractivity contribution in [3.8, 4) is 0 Å². The quantitative estimate of drug-likeness (QED) is 0.185. The molecule has 1 amide bonds. The summed E-state index contributed by atoms with van der Waals surface area (Å²) in [7, 11) is 0. The van der Waals surface area contributed by atoms with Crippen LogP contribution in [-0.4, -0.2) is 43.4 Å². The Morgan fingerprint density at radius 3 is 2.47 bits per heavy atom. The van der Waals surface area contributed by atoms with Gasteiger partial charge in [-0.25, -0.2) is 0 Å². The standard InChI is InChI=1S/C37H33N3O4S3/c1-3-38-35(44)33(47-37(38)45)36-39(21-32(41)42)34(43)31(46-36)20-24-14-17-30-28(19-24)27-10-7-11-29(27)40(30)26-15-12-23(13-16-26)18-22(2)25-8-5-4-6-9-25/h4-6,8-9,12-20,27,29H,3,7,10-11,21H2,1-2H3,(H,41,42)/b22-18+,31-20+,36-33-. The van der Waals surface area contributed by atoms with Crippen molar-refractivity contribution in [1.82, 2.24) is 9.47 Å². The molecule has 7 nitrogen and oxygen atoms in total. The smallest absolute Gasteiger partial charge is 0.323 e. The Morgan fingerprint density at radius 1 is 1.02 bits per heavy atom. The van der Waals surface area contributed by atoms with Crippen molar-refractivity contribution >= 4 is 85.5 Å². The third-order valence-electron chi connectivity index (χ3n) is 9.16. The number of allylic oxidation sites excluding steroid dienone is 1. The maximum atomic E-state index is 13.5. The fraction of sp³-hybridized carbons (Fsp3) is 0.243. The van der Waals surface area contributed by atoms with Gasteiger partial charge in [-0.1, -0.05) is 85.0 Å². The Balaban J connectivity index is 1.25. The highest BCUT2D eigenvalue weighted by Gasteiger charge is 2.42. The molecule has 2 atom stereocenters. The predicted octanol–water partition coefficient (Wildman–Crippen LogP) is 6.16. The summed E-state index contributed by atoms with van der Waals surface area (Å²) in [6.45, 7) is 3.84. The summed E-state index contributed by atoms with van der Waals surface area (Å²) in [6.07, 6.45) is 7.41. The zero-order valence-corrected chi connectivity index (χ0v) is 28.5. The van der Waals surface area contributed by atoms with Crippen molar-refractivity contribution < 1.29 is 14.7 Å². The van der Waals surface area contributed by atoms with Gasteiger partial charge in [0.1, 0.15) is 20.4 Å². The number of hydrogen-bond acceptors (Lipinski definition) is 7. The van der Waals surface area contributed by atoms with E-state index in [9.17, 15) is 19.5 Å². The van der Waals surface area contributed by atoms with Crippen LogP contribution in [0.1, 0.15) is 61.3 Å². The molecule has 3 aliphatic rings. The Morgan fingerprint density at radius 2 is 1.77 bits per heavy atom. The number of hydrogen-bond donors (Lipinski definition) is 1. The van der Waals surface area contributed by atoms with Crippen LogP contribution in [0.4, 0.5) is 11.4 Å². The lowest BCUT2D eigenvalue weighted by Gasteiger charge is -2.27. The molecule has 2 unspecified atom stereocenters. The summed E-state index contributed by atoms with van der Waals surface area (Å²) < 4.78 is 2.31. The molecule has 2 fully saturated rings. The van der Waals surface area contributed by atoms with E-state index in [4.69, 9.17) is 12.2 Å². The second-order valence-corrected chi connectivity index (χ2v) is 14.7. The minimum Gasteiger partial charge on any atom is -0.480 e. The average molecular weight is 680 g/mol. The van der Waals surface area contributed by atoms with Crippen LogP contribution in [0.3, 0.4) is 0 Å². The number of nitrogens with zero attached hydrogens (tertiary/aromatic N) is 3. The minimum absolute atomic E-state index is 0.297. The van der Waals surface area contributed by atoms with Gasteiger partial charge in [0.15, 0.2) is 0 Å². The highest BCUT2D eigenvalue weighted by molar-refractivity contribution is 8.30. The van der Waals surface area contributed by atoms with E-state index in [2.05, 4.69) is 78.6 Å². The summed E-state index contributed by atoms with van der Waals surface area (Å²) in [5.41, 5.74) is 7.67. The second-order valence-electron chi connectivity index (χ2n) is 12.0. The molecule has 1 N–H and O–H groups in total. The van der Waals surface area contributed by atoms with Crippen LogP contribution in [-0.2, 0) is 16.1 Å². The van der Waals surface area contributed by atoms with E-state index in [0.29, 0.717) is 36.9 Å². The summed E-state index contributed by atoms with van der Waals surface area (Å²) in [6, 6.07) is 25.9. The van der Waals surface area contributed by atoms with E-state index >= 15 is 0 Å². The first-order chi connectivity index (χ1) is 22.7. The number of thioether (sulfide) groups is 1. The number of amides is 1. The van der Waals surface area contributed by atoms with E-state index in [-0.39, 0.29) is 5.91 Å². The number of benzene rings is 3. The number of aromatic nitrogens is 1. The van der Waals surface area contributed by atoms with Crippen molar-refractivity contribution in [1.29, 1.82) is 0 Å². The molecule has 1 saturated carbocycles. The van der Waals surface area contributed by atoms with Crippen LogP contribution in [0.5, 0.6) is 0 Å². The van der Waals surface area contributed by atoms with E-state index in [1.165, 1.54) is 37.5 Å². The van der Waals surface area contributed by atoms with E-state index < -0.39 is 18.1 Å². The summed E-state index contributed by atoms with van der Waals surface area (Å²) in [4.78, 5) is 42.6. The second kappa shape index (κ2) is 12.7. The number of thiocarbonyl (C=S) groups is 1. The molecule has 3 heterocycles. The number of rotatable bonds is 7. The molecule has 238 valence electrons. The maximum Gasteiger partial charge on any atom is 0.323 e. The number of fused-ring (bicyclic) bond motifs is 3. The fourth-order valence-corrected chi connectivity index (χ4v) is 9.63. The molecule has 0 radical (unpaired) electrons. The Kier molecular flexibility index (Phi) is 8.50. The minimum atomic E-state index is -1.15. The number of carbonyl (C=O) groups excluding carboxylic acids is 1. The Bertz CT molecular complexity index is 2130. The molecule has 1 aliphatic carbocycles. The van der Waals surface area contributed by atoms with Crippen molar-refractivity contribution in [2.45, 2.75) is 51.6 Å². The van der Waals surface area contributed by atoms with Crippen LogP contribution in [0.15, 0.2) is 77.6 Å². The topological polar surface area (TPSA) is 82.9 Å². The summed E-state index contributed by atoms with van der Waals surface area (Å²) >= 11 is 7.63. The normalized spacial score (nSPS) is 20.7. The lowest BCUT2D eigenvalue weighted by Crippen LogP contribution is -2.35. The molecule has 10 heteroatoms. The van der Waals surface area contributed by atoms with Gasteiger partial charge < -0.3 is 10.0 Å². The van der Waals surface area contributed by atoms with Crippen molar-refractivity contribution in [2.75, 3.05) is 11.4 Å². The highest BCUT2D eigenvalue weighted by Crippen LogP contribution is 2.52. The van der Waals surface area contributed by atoms with Gasteiger partial charge in [0.05, 0.1) is 4.53 Å². The highest BCUT2D eigenvalue weighted by atomic mass is 32.2. The molecular weight excluding hydrogens is 647 g/mol. The van der Waals surface area contributed by atoms with E-state index in [0.717, 1.165) is 53.5 Å². The first kappa shape index (κ1) is 31.4. The Labute approximate surface area is 286 Å². The Hall–Kier alpha value is -4.25. The number of carboxylic acids is 1. The molecule has 4 aromatic rings. The van der Waals surface area contributed by atoms with Crippen LogP contribution in [0, 0.1) is 0 Å². The van der Waals surface area contributed by atoms with Gasteiger partial charge in [-0.3, -0.25) is 23.9 Å². The monoisotopic (exact) mass is 679 g/mol. The number of anilines is 2. The first-order valence-electron chi connectivity index (χ1n) is 15.7. The van der Waals surface area contributed by atoms with E-state index in [1.54, 1.807) is 0 Å². The van der Waals surface area contributed by atoms with Crippen LogP contribution < -0.4 is 19.7 Å². The number of thiazole rings is 1. The molecule has 1 aromatic heterocycles. The average Bonchev–Trinajstić information content (AvgIpc) is 3.80. The van der Waals surface area contributed by atoms with Gasteiger partial charge in [0.2, 0.25) is 0 Å². The van der Waals surface area contributed by atoms with Crippen molar-refractivity contribution in [2.24, 2.45) is 0 Å². The van der Waals surface area contributed by atoms with Crippen LogP contribution >= 0.6 is 35.3 Å². The lowest BCUT2D eigenvalue weighted by atomic mass is 9.96. The van der Waals surface area contributed by atoms with E-state index in [1.807, 2.05) is 25.1 Å². The molecule has 7 rings (SSSR count). The molecule has 1 saturated heterocycles. The lowest BCUT2D eigenvalue weighted by molar-refractivity contribution is -0.137. The number of carboxylic acid groups (broad SMARTS) is 1. The third kappa shape index (κ3) is 5.79. The first-order valence-corrected chi connectivity index (χ1v) is 17.8. The maximum absolute atomic E-state index is 13.5. The van der Waals surface area contributed by atoms with Gasteiger partial charge in [0, 0.05) is 29.9 Å². The SMILES string of the molecule is CCN1C(=O)/C(=c2/s/c(=C/c3ccc4c(c3)C3CCCC3N4c3ccc(/C=C(\C)c4ccccc4)cc3)c(=O)n2CC(=O)O)SC1=S. The zero-order valence-electron chi connectivity index (χ0n) is 26.0. The van der Waals surface area contributed by atoms with Gasteiger partial charge >= 0.3 is 5.97 Å². The zero-order chi connectivity index (χ0) is 32.8. The van der Waals surface area contributed by atoms with Gasteiger partial charge in [-0.2, -0.15) is 0 Å². The molecule has 0 bridgehead atoms. The van der Waals surface area contributed by atoms with Crippen LogP contribution in [0.2, 0.25) is 0 Å². The predicted molar refractivity (Wildman–Crippen MR) is 195 cm³/mol. The third-order valence-corrected chi connectivity index (χ3v) is 11.9. The molecule has 3 aromatic carbocycles. The largest absolute Gasteiger partial charge is 0.480 e. The van der Waals surface area contributed by atoms with Gasteiger partial charge in [-0.05, 0) is 84.9 Å². The summed E-state index contributed by atoms with van der Waals surface area (Å²) in [5.74, 6) is -1.05. The van der Waals surface area contributed by atoms with Gasteiger partial charge in [-0.15, -0.1) is 11.3 Å². The van der Waals surface area contributed by atoms with Gasteiger partial charge in [0.25, 0.3) is 11.5 Å². The number of carbonyl (C=O) groups is 2. The molecule has 0 spiro atoms. The van der Waals surface area contributed by atoms with Crippen LogP contribution in [0.25, 0.3) is 22.6 Å². The summed E-state index contributed by atoms with van der Waals surface area (Å²) in [5, 5.41) is 9.58. The molecule has 2 aliphatic heterocycles. The fourth-order valence-electron chi connectivity index (χ4n) is 6.98. The molecular formula is C37H33N3O4S3. The van der Waals surface area contributed by atoms with Crippen molar-refractivity contribution in [3.05, 3.63) is 115 Å². The number of aliphatic carboxylic acids is 1.